The minimum Gasteiger partial charge on any atom is -0.354 e. The van der Waals surface area contributed by atoms with Crippen LogP contribution in [0.5, 0.6) is 0 Å². The van der Waals surface area contributed by atoms with E-state index in [1.807, 2.05) is 48.5 Å². The molecule has 0 saturated heterocycles. The van der Waals surface area contributed by atoms with Crippen LogP contribution in [-0.4, -0.2) is 15.8 Å². The number of ketones is 1. The van der Waals surface area contributed by atoms with Crippen LogP contribution in [0, 0.1) is 0 Å². The van der Waals surface area contributed by atoms with Gasteiger partial charge in [0.25, 0.3) is 0 Å². The summed E-state index contributed by atoms with van der Waals surface area (Å²) < 4.78 is 0. The molecule has 5 rings (SSSR count). The van der Waals surface area contributed by atoms with E-state index in [0.29, 0.717) is 16.2 Å². The number of benzene rings is 2. The van der Waals surface area contributed by atoms with E-state index in [1.165, 1.54) is 5.56 Å². The number of anilines is 2. The number of aromatic nitrogens is 2. The van der Waals surface area contributed by atoms with Crippen LogP contribution in [0.25, 0.3) is 17.1 Å². The third kappa shape index (κ3) is 2.88. The Labute approximate surface area is 166 Å². The Morgan fingerprint density at radius 1 is 1.07 bits per heavy atom. The molecule has 5 heteroatoms. The van der Waals surface area contributed by atoms with Gasteiger partial charge >= 0.3 is 0 Å². The summed E-state index contributed by atoms with van der Waals surface area (Å²) in [5.74, 6) is 0.0000860. The van der Waals surface area contributed by atoms with Gasteiger partial charge in [-0.15, -0.1) is 0 Å². The lowest BCUT2D eigenvalue weighted by Gasteiger charge is -2.08. The fraction of sp³-hybridized carbons (Fsp3) is 0.0435. The summed E-state index contributed by atoms with van der Waals surface area (Å²) in [5, 5.41) is 4.78. The summed E-state index contributed by atoms with van der Waals surface area (Å²) in [4.78, 5) is 20.8. The van der Waals surface area contributed by atoms with Crippen LogP contribution in [0.4, 0.5) is 11.4 Å². The number of nitrogens with one attached hydrogen (secondary N) is 2. The third-order valence-electron chi connectivity index (χ3n) is 4.97. The van der Waals surface area contributed by atoms with Crippen molar-refractivity contribution in [3.05, 3.63) is 94.3 Å². The Morgan fingerprint density at radius 2 is 1.93 bits per heavy atom. The number of carbonyl (C=O) groups excluding carboxylic acids is 1. The molecule has 0 atom stereocenters. The lowest BCUT2D eigenvalue weighted by atomic mass is 9.96. The molecule has 4 aromatic rings. The van der Waals surface area contributed by atoms with Crippen molar-refractivity contribution in [1.29, 1.82) is 0 Å². The van der Waals surface area contributed by atoms with Gasteiger partial charge in [-0.3, -0.25) is 4.79 Å². The molecule has 4 nitrogen and oxygen atoms in total. The van der Waals surface area contributed by atoms with E-state index in [4.69, 9.17) is 11.6 Å². The van der Waals surface area contributed by atoms with Gasteiger partial charge in [0.2, 0.25) is 0 Å². The van der Waals surface area contributed by atoms with Gasteiger partial charge in [-0.1, -0.05) is 42.0 Å². The van der Waals surface area contributed by atoms with Gasteiger partial charge in [0, 0.05) is 33.4 Å². The van der Waals surface area contributed by atoms with Gasteiger partial charge in [0.15, 0.2) is 5.78 Å². The Hall–Kier alpha value is -3.37. The van der Waals surface area contributed by atoms with Gasteiger partial charge in [0.1, 0.15) is 5.65 Å². The molecule has 0 fully saturated rings. The van der Waals surface area contributed by atoms with Crippen LogP contribution in [0.3, 0.4) is 0 Å². The smallest absolute Gasteiger partial charge is 0.195 e. The summed E-state index contributed by atoms with van der Waals surface area (Å²) in [6.07, 6.45) is 8.48. The van der Waals surface area contributed by atoms with Crippen molar-refractivity contribution in [2.75, 3.05) is 5.32 Å². The second kappa shape index (κ2) is 6.66. The number of hydrogen-bond acceptors (Lipinski definition) is 3. The summed E-state index contributed by atoms with van der Waals surface area (Å²) in [6.45, 7) is 0. The molecular formula is C23H16ClN3O. The van der Waals surface area contributed by atoms with E-state index >= 15 is 0 Å². The van der Waals surface area contributed by atoms with Crippen molar-refractivity contribution in [2.24, 2.45) is 0 Å². The highest BCUT2D eigenvalue weighted by Crippen LogP contribution is 2.29. The summed E-state index contributed by atoms with van der Waals surface area (Å²) >= 11 is 5.95. The SMILES string of the molecule is O=C(c1cccc2c1C=CC2)c1c[nH]c2ncc(Nc3ccc(Cl)cc3)cc12. The quantitative estimate of drug-likeness (QED) is 0.439. The van der Waals surface area contributed by atoms with E-state index in [2.05, 4.69) is 27.4 Å². The van der Waals surface area contributed by atoms with Crippen LogP contribution in [0.1, 0.15) is 27.0 Å². The minimum absolute atomic E-state index is 0.0000860. The summed E-state index contributed by atoms with van der Waals surface area (Å²) in [7, 11) is 0. The number of aromatic amines is 1. The lowest BCUT2D eigenvalue weighted by molar-refractivity contribution is 0.104. The van der Waals surface area contributed by atoms with Gasteiger partial charge in [-0.05, 0) is 47.9 Å². The van der Waals surface area contributed by atoms with Crippen molar-refractivity contribution < 1.29 is 4.79 Å². The highest BCUT2D eigenvalue weighted by Gasteiger charge is 2.20. The molecule has 0 aliphatic heterocycles. The van der Waals surface area contributed by atoms with Gasteiger partial charge < -0.3 is 10.3 Å². The second-order valence-electron chi connectivity index (χ2n) is 6.77. The Bertz CT molecular complexity index is 1240. The molecule has 2 heterocycles. The molecule has 1 aliphatic rings. The lowest BCUT2D eigenvalue weighted by Crippen LogP contribution is -2.04. The topological polar surface area (TPSA) is 57.8 Å². The molecule has 0 saturated carbocycles. The number of fused-ring (bicyclic) bond motifs is 2. The summed E-state index contributed by atoms with van der Waals surface area (Å²) in [5.41, 5.74) is 5.95. The van der Waals surface area contributed by atoms with E-state index in [-0.39, 0.29) is 5.78 Å². The Kier molecular flexibility index (Phi) is 3.99. The average Bonchev–Trinajstić information content (AvgIpc) is 3.35. The fourth-order valence-corrected chi connectivity index (χ4v) is 3.72. The molecule has 0 spiro atoms. The Morgan fingerprint density at radius 3 is 2.79 bits per heavy atom. The molecule has 0 unspecified atom stereocenters. The average molecular weight is 386 g/mol. The first kappa shape index (κ1) is 16.8. The van der Waals surface area contributed by atoms with Crippen LogP contribution in [0.15, 0.2) is 67.0 Å². The van der Waals surface area contributed by atoms with E-state index < -0.39 is 0 Å². The van der Waals surface area contributed by atoms with Gasteiger partial charge in [-0.2, -0.15) is 0 Å². The van der Waals surface area contributed by atoms with Gasteiger partial charge in [0.05, 0.1) is 11.9 Å². The number of nitrogens with zero attached hydrogens (tertiary/aromatic N) is 1. The zero-order valence-electron chi connectivity index (χ0n) is 14.9. The monoisotopic (exact) mass is 385 g/mol. The standard InChI is InChI=1S/C23H16ClN3O/c24-15-7-9-16(10-8-15)27-17-11-20-21(13-26-23(20)25-12-17)22(28)19-6-2-4-14-3-1-5-18(14)19/h1-2,4-13,27H,3H2,(H,25,26). The first-order valence-electron chi connectivity index (χ1n) is 9.02. The van der Waals surface area contributed by atoms with Crippen molar-refractivity contribution in [3.8, 4) is 0 Å². The number of allylic oxidation sites excluding steroid dienone is 1. The largest absolute Gasteiger partial charge is 0.354 e. The van der Waals surface area contributed by atoms with Crippen LogP contribution < -0.4 is 5.32 Å². The van der Waals surface area contributed by atoms with Crippen molar-refractivity contribution in [2.45, 2.75) is 6.42 Å². The molecule has 2 aromatic heterocycles. The first-order chi connectivity index (χ1) is 13.7. The molecule has 1 aliphatic carbocycles. The number of hydrogen-bond donors (Lipinski definition) is 2. The predicted molar refractivity (Wildman–Crippen MR) is 113 cm³/mol. The number of pyridine rings is 1. The van der Waals surface area contributed by atoms with Crippen LogP contribution in [0.2, 0.25) is 5.02 Å². The maximum absolute atomic E-state index is 13.3. The third-order valence-corrected chi connectivity index (χ3v) is 5.22. The first-order valence-corrected chi connectivity index (χ1v) is 9.40. The van der Waals surface area contributed by atoms with Crippen molar-refractivity contribution in [1.82, 2.24) is 9.97 Å². The van der Waals surface area contributed by atoms with Crippen molar-refractivity contribution >= 4 is 45.9 Å². The molecule has 0 amide bonds. The molecule has 2 N–H and O–H groups in total. The summed E-state index contributed by atoms with van der Waals surface area (Å²) in [6, 6.07) is 15.3. The van der Waals surface area contributed by atoms with Gasteiger partial charge in [-0.25, -0.2) is 4.98 Å². The molecular weight excluding hydrogens is 370 g/mol. The van der Waals surface area contributed by atoms with E-state index in [1.54, 1.807) is 12.4 Å². The predicted octanol–water partition coefficient (Wildman–Crippen LogP) is 5.76. The zero-order chi connectivity index (χ0) is 19.1. The zero-order valence-corrected chi connectivity index (χ0v) is 15.6. The number of halogens is 1. The second-order valence-corrected chi connectivity index (χ2v) is 7.20. The molecule has 28 heavy (non-hydrogen) atoms. The normalized spacial score (nSPS) is 12.3. The maximum atomic E-state index is 13.3. The van der Waals surface area contributed by atoms with Crippen molar-refractivity contribution in [3.63, 3.8) is 0 Å². The number of rotatable bonds is 4. The van der Waals surface area contributed by atoms with Crippen LogP contribution in [-0.2, 0) is 6.42 Å². The molecule has 136 valence electrons. The van der Waals surface area contributed by atoms with Crippen LogP contribution >= 0.6 is 11.6 Å². The fourth-order valence-electron chi connectivity index (χ4n) is 3.59. The molecule has 0 bridgehead atoms. The van der Waals surface area contributed by atoms with E-state index in [9.17, 15) is 4.79 Å². The number of carbonyl (C=O) groups is 1. The maximum Gasteiger partial charge on any atom is 0.195 e. The highest BCUT2D eigenvalue weighted by atomic mass is 35.5. The molecule has 2 aromatic carbocycles. The van der Waals surface area contributed by atoms with E-state index in [0.717, 1.165) is 34.3 Å². The Balaban J connectivity index is 1.53. The number of H-pyrrole nitrogens is 1. The highest BCUT2D eigenvalue weighted by molar-refractivity contribution is 6.30. The minimum atomic E-state index is 0.0000860. The molecule has 0 radical (unpaired) electrons.